The monoisotopic (exact) mass is 553 g/mol. The van der Waals surface area contributed by atoms with Gasteiger partial charge in [-0.3, -0.25) is 9.69 Å². The Kier molecular flexibility index (Phi) is 7.29. The number of fused-ring (bicyclic) bond motifs is 2. The number of benzene rings is 3. The number of rotatable bonds is 5. The van der Waals surface area contributed by atoms with Crippen LogP contribution in [0.25, 0.3) is 10.8 Å². The second-order valence-corrected chi connectivity index (χ2v) is 11.7. The quantitative estimate of drug-likeness (QED) is 0.271. The number of nitrogens with one attached hydrogen (secondary N) is 2. The van der Waals surface area contributed by atoms with Crippen LogP contribution in [0.5, 0.6) is 11.6 Å². The van der Waals surface area contributed by atoms with E-state index in [1.54, 1.807) is 30.3 Å². The molecule has 2 N–H and O–H groups in total. The Morgan fingerprint density at radius 2 is 1.80 bits per heavy atom. The molecule has 1 aliphatic heterocycles. The Morgan fingerprint density at radius 1 is 1.02 bits per heavy atom. The number of hydrogen-bond donors (Lipinski definition) is 2. The highest BCUT2D eigenvalue weighted by Crippen LogP contribution is 2.42. The van der Waals surface area contributed by atoms with Crippen LogP contribution in [0.3, 0.4) is 0 Å². The van der Waals surface area contributed by atoms with E-state index in [0.717, 1.165) is 28.4 Å². The molecule has 0 saturated carbocycles. The van der Waals surface area contributed by atoms with Crippen LogP contribution in [0.15, 0.2) is 66.9 Å². The maximum absolute atomic E-state index is 13.9. The number of nitrogens with zero attached hydrogens (tertiary/aromatic N) is 3. The fourth-order valence-electron chi connectivity index (χ4n) is 4.95. The SMILES string of the molecule is CNc1nccc(Oc2ccc3ccccc3c2C(=O)Nc2ccc3c(c2)N(C(=O)OC(C)(C)C)CCC3(C)C)n1. The molecule has 0 atom stereocenters. The number of aromatic nitrogens is 2. The minimum absolute atomic E-state index is 0.142. The molecule has 2 heterocycles. The molecule has 5 rings (SSSR count). The van der Waals surface area contributed by atoms with E-state index < -0.39 is 11.7 Å². The van der Waals surface area contributed by atoms with Crippen LogP contribution in [0.1, 0.15) is 57.0 Å². The average molecular weight is 554 g/mol. The van der Waals surface area contributed by atoms with Crippen LogP contribution in [-0.4, -0.2) is 41.2 Å². The molecule has 3 aromatic carbocycles. The molecule has 0 saturated heterocycles. The van der Waals surface area contributed by atoms with E-state index in [2.05, 4.69) is 34.4 Å². The smallest absolute Gasteiger partial charge is 0.414 e. The molecule has 2 amide bonds. The topological polar surface area (TPSA) is 106 Å². The van der Waals surface area contributed by atoms with Gasteiger partial charge in [-0.15, -0.1) is 0 Å². The summed E-state index contributed by atoms with van der Waals surface area (Å²) in [6.45, 7) is 10.4. The lowest BCUT2D eigenvalue weighted by atomic mass is 9.77. The van der Waals surface area contributed by atoms with E-state index >= 15 is 0 Å². The summed E-state index contributed by atoms with van der Waals surface area (Å²) in [6, 6.07) is 18.6. The summed E-state index contributed by atoms with van der Waals surface area (Å²) >= 11 is 0. The molecule has 4 aromatic rings. The molecule has 1 aliphatic rings. The van der Waals surface area contributed by atoms with Gasteiger partial charge in [-0.1, -0.05) is 50.2 Å². The number of hydrogen-bond acceptors (Lipinski definition) is 7. The first-order chi connectivity index (χ1) is 19.4. The summed E-state index contributed by atoms with van der Waals surface area (Å²) in [4.78, 5) is 37.2. The lowest BCUT2D eigenvalue weighted by Crippen LogP contribution is -2.43. The number of carbonyl (C=O) groups excluding carboxylic acids is 2. The van der Waals surface area contributed by atoms with Crippen molar-refractivity contribution in [2.75, 3.05) is 29.1 Å². The molecule has 0 aliphatic carbocycles. The molecule has 0 bridgehead atoms. The predicted molar refractivity (Wildman–Crippen MR) is 161 cm³/mol. The van der Waals surface area contributed by atoms with Crippen LogP contribution in [0.2, 0.25) is 0 Å². The van der Waals surface area contributed by atoms with E-state index in [9.17, 15) is 9.59 Å². The van der Waals surface area contributed by atoms with Gasteiger partial charge in [-0.2, -0.15) is 4.98 Å². The Balaban J connectivity index is 1.52. The van der Waals surface area contributed by atoms with Crippen molar-refractivity contribution in [3.63, 3.8) is 0 Å². The third kappa shape index (κ3) is 5.94. The molecular formula is C32H35N5O4. The summed E-state index contributed by atoms with van der Waals surface area (Å²) in [6.07, 6.45) is 1.97. The molecule has 41 heavy (non-hydrogen) atoms. The van der Waals surface area contributed by atoms with E-state index in [1.165, 1.54) is 0 Å². The lowest BCUT2D eigenvalue weighted by Gasteiger charge is -2.39. The molecular weight excluding hydrogens is 518 g/mol. The molecule has 0 unspecified atom stereocenters. The van der Waals surface area contributed by atoms with Crippen LogP contribution < -0.4 is 20.3 Å². The van der Waals surface area contributed by atoms with Crippen molar-refractivity contribution in [1.82, 2.24) is 9.97 Å². The van der Waals surface area contributed by atoms with E-state index in [-0.39, 0.29) is 11.3 Å². The Hall–Kier alpha value is -4.66. The number of carbonyl (C=O) groups is 2. The Bertz CT molecular complexity index is 1630. The minimum Gasteiger partial charge on any atom is -0.443 e. The summed E-state index contributed by atoms with van der Waals surface area (Å²) < 4.78 is 11.8. The van der Waals surface area contributed by atoms with Crippen molar-refractivity contribution >= 4 is 40.1 Å². The minimum atomic E-state index is -0.627. The number of ether oxygens (including phenoxy) is 2. The highest BCUT2D eigenvalue weighted by Gasteiger charge is 2.36. The summed E-state index contributed by atoms with van der Waals surface area (Å²) in [5.74, 6) is 0.716. The highest BCUT2D eigenvalue weighted by atomic mass is 16.6. The third-order valence-corrected chi connectivity index (χ3v) is 7.04. The number of amides is 2. The molecule has 212 valence electrons. The van der Waals surface area contributed by atoms with Gasteiger partial charge in [-0.05, 0) is 67.1 Å². The van der Waals surface area contributed by atoms with Gasteiger partial charge in [-0.25, -0.2) is 9.78 Å². The molecule has 0 fully saturated rings. The average Bonchev–Trinajstić information content (AvgIpc) is 2.91. The van der Waals surface area contributed by atoms with Crippen LogP contribution in [0.4, 0.5) is 22.1 Å². The first kappa shape index (κ1) is 27.9. The third-order valence-electron chi connectivity index (χ3n) is 7.04. The fourth-order valence-corrected chi connectivity index (χ4v) is 4.95. The zero-order chi connectivity index (χ0) is 29.4. The molecule has 9 nitrogen and oxygen atoms in total. The maximum Gasteiger partial charge on any atom is 0.414 e. The largest absolute Gasteiger partial charge is 0.443 e. The van der Waals surface area contributed by atoms with Gasteiger partial charge in [0.15, 0.2) is 0 Å². The molecule has 9 heteroatoms. The Labute approximate surface area is 239 Å². The van der Waals surface area contributed by atoms with E-state index in [1.807, 2.05) is 69.3 Å². The highest BCUT2D eigenvalue weighted by molar-refractivity contribution is 6.15. The van der Waals surface area contributed by atoms with Crippen molar-refractivity contribution in [2.45, 2.75) is 52.1 Å². The zero-order valence-corrected chi connectivity index (χ0v) is 24.2. The van der Waals surface area contributed by atoms with Gasteiger partial charge in [0, 0.05) is 31.5 Å². The predicted octanol–water partition coefficient (Wildman–Crippen LogP) is 7.14. The van der Waals surface area contributed by atoms with E-state index in [0.29, 0.717) is 35.4 Å². The van der Waals surface area contributed by atoms with Gasteiger partial charge in [0.05, 0.1) is 11.3 Å². The second kappa shape index (κ2) is 10.7. The first-order valence-corrected chi connectivity index (χ1v) is 13.6. The van der Waals surface area contributed by atoms with Crippen molar-refractivity contribution < 1.29 is 19.1 Å². The lowest BCUT2D eigenvalue weighted by molar-refractivity contribution is 0.0574. The maximum atomic E-state index is 13.9. The second-order valence-electron chi connectivity index (χ2n) is 11.7. The van der Waals surface area contributed by atoms with Crippen molar-refractivity contribution in [3.8, 4) is 11.6 Å². The van der Waals surface area contributed by atoms with Gasteiger partial charge < -0.3 is 20.1 Å². The van der Waals surface area contributed by atoms with Crippen molar-refractivity contribution in [3.05, 3.63) is 78.0 Å². The standard InChI is InChI=1S/C32H35N5O4/c1-31(2,3)41-30(39)37-18-16-32(4,5)23-13-12-21(19-24(23)37)35-28(38)27-22-10-8-7-9-20(22)11-14-25(27)40-26-15-17-34-29(33-6)36-26/h7-15,17,19H,16,18H2,1-6H3,(H,35,38)(H,33,34,36). The Morgan fingerprint density at radius 3 is 2.56 bits per heavy atom. The normalized spacial score (nSPS) is 14.2. The molecule has 0 spiro atoms. The van der Waals surface area contributed by atoms with Gasteiger partial charge in [0.25, 0.3) is 5.91 Å². The fraction of sp³-hybridized carbons (Fsp3) is 0.312. The summed E-state index contributed by atoms with van der Waals surface area (Å²) in [5, 5.41) is 7.56. The van der Waals surface area contributed by atoms with Gasteiger partial charge >= 0.3 is 6.09 Å². The van der Waals surface area contributed by atoms with Crippen molar-refractivity contribution in [1.29, 1.82) is 0 Å². The molecule has 1 aromatic heterocycles. The van der Waals surface area contributed by atoms with E-state index in [4.69, 9.17) is 9.47 Å². The van der Waals surface area contributed by atoms with Crippen LogP contribution in [0, 0.1) is 0 Å². The van der Waals surface area contributed by atoms with Crippen LogP contribution in [-0.2, 0) is 10.2 Å². The van der Waals surface area contributed by atoms with Gasteiger partial charge in [0.1, 0.15) is 11.4 Å². The molecule has 0 radical (unpaired) electrons. The van der Waals surface area contributed by atoms with Crippen molar-refractivity contribution in [2.24, 2.45) is 0 Å². The summed E-state index contributed by atoms with van der Waals surface area (Å²) in [7, 11) is 1.72. The zero-order valence-electron chi connectivity index (χ0n) is 24.2. The number of anilines is 3. The first-order valence-electron chi connectivity index (χ1n) is 13.6. The summed E-state index contributed by atoms with van der Waals surface area (Å²) in [5.41, 5.74) is 1.90. The van der Waals surface area contributed by atoms with Crippen LogP contribution >= 0.6 is 0 Å². The van der Waals surface area contributed by atoms with Gasteiger partial charge in [0.2, 0.25) is 11.8 Å².